The van der Waals surface area contributed by atoms with Crippen LogP contribution in [0.25, 0.3) is 6.08 Å². The first-order valence-electron chi connectivity index (χ1n) is 11.8. The molecule has 4 rings (SSSR count). The molecule has 3 aromatic carbocycles. The SMILES string of the molecule is CCOc1cc(/C=C2\C(=O)NC(=O)N(c3cccc(C)c3)C2=O)cc(Br)c1OCc1cc(C)cc(C)c1. The van der Waals surface area contributed by atoms with E-state index in [1.165, 1.54) is 6.08 Å². The zero-order chi connectivity index (χ0) is 26.7. The molecular weight excluding hydrogens is 536 g/mol. The Morgan fingerprint density at radius 2 is 1.65 bits per heavy atom. The Balaban J connectivity index is 1.66. The Morgan fingerprint density at radius 3 is 2.32 bits per heavy atom. The van der Waals surface area contributed by atoms with Crippen LogP contribution in [0.2, 0.25) is 0 Å². The number of amides is 4. The number of rotatable bonds is 7. The number of hydrogen-bond donors (Lipinski definition) is 1. The first-order chi connectivity index (χ1) is 17.7. The van der Waals surface area contributed by atoms with E-state index in [-0.39, 0.29) is 5.57 Å². The fraction of sp³-hybridized carbons (Fsp3) is 0.207. The lowest BCUT2D eigenvalue weighted by molar-refractivity contribution is -0.122. The highest BCUT2D eigenvalue weighted by molar-refractivity contribution is 9.10. The van der Waals surface area contributed by atoms with E-state index < -0.39 is 17.8 Å². The van der Waals surface area contributed by atoms with Crippen LogP contribution in [0.5, 0.6) is 11.5 Å². The summed E-state index contributed by atoms with van der Waals surface area (Å²) in [7, 11) is 0. The van der Waals surface area contributed by atoms with Crippen LogP contribution in [-0.4, -0.2) is 24.5 Å². The Bertz CT molecular complexity index is 1410. The fourth-order valence-corrected chi connectivity index (χ4v) is 4.78. The molecule has 1 aliphatic rings. The van der Waals surface area contributed by atoms with E-state index in [0.717, 1.165) is 27.2 Å². The van der Waals surface area contributed by atoms with Gasteiger partial charge in [-0.05, 0) is 90.7 Å². The maximum atomic E-state index is 13.2. The van der Waals surface area contributed by atoms with Gasteiger partial charge in [0.2, 0.25) is 0 Å². The van der Waals surface area contributed by atoms with Gasteiger partial charge in [0.25, 0.3) is 11.8 Å². The number of urea groups is 1. The van der Waals surface area contributed by atoms with Crippen molar-refractivity contribution in [2.75, 3.05) is 11.5 Å². The molecule has 1 aliphatic heterocycles. The number of carbonyl (C=O) groups is 3. The van der Waals surface area contributed by atoms with E-state index in [0.29, 0.717) is 40.4 Å². The molecular formula is C29H27BrN2O5. The van der Waals surface area contributed by atoms with Crippen LogP contribution in [0.4, 0.5) is 10.5 Å². The molecule has 1 saturated heterocycles. The summed E-state index contributed by atoms with van der Waals surface area (Å²) >= 11 is 3.55. The number of imide groups is 2. The van der Waals surface area contributed by atoms with E-state index in [1.54, 1.807) is 30.3 Å². The van der Waals surface area contributed by atoms with Gasteiger partial charge in [-0.15, -0.1) is 0 Å². The van der Waals surface area contributed by atoms with E-state index in [1.807, 2.05) is 33.8 Å². The molecule has 3 aromatic rings. The van der Waals surface area contributed by atoms with Crippen molar-refractivity contribution in [3.05, 3.63) is 92.5 Å². The molecule has 37 heavy (non-hydrogen) atoms. The Kier molecular flexibility index (Phi) is 7.78. The summed E-state index contributed by atoms with van der Waals surface area (Å²) < 4.78 is 12.5. The standard InChI is InChI=1S/C29H27BrN2O5/c1-5-36-25-15-20(14-24(30)26(25)37-16-21-10-18(3)9-19(4)11-21)13-23-27(33)31-29(35)32(28(23)34)22-8-6-7-17(2)12-22/h6-15H,5,16H2,1-4H3,(H,31,33,35)/b23-13+. The second-order valence-corrected chi connectivity index (χ2v) is 9.70. The molecule has 0 spiro atoms. The van der Waals surface area contributed by atoms with Gasteiger partial charge in [-0.1, -0.05) is 41.5 Å². The summed E-state index contributed by atoms with van der Waals surface area (Å²) in [4.78, 5) is 39.3. The van der Waals surface area contributed by atoms with Gasteiger partial charge in [-0.2, -0.15) is 0 Å². The molecule has 1 fully saturated rings. The van der Waals surface area contributed by atoms with Crippen molar-refractivity contribution in [2.45, 2.75) is 34.3 Å². The van der Waals surface area contributed by atoms with Gasteiger partial charge in [-0.25, -0.2) is 9.69 Å². The van der Waals surface area contributed by atoms with Gasteiger partial charge in [0, 0.05) is 0 Å². The lowest BCUT2D eigenvalue weighted by Gasteiger charge is -2.26. The normalized spacial score (nSPS) is 14.7. The lowest BCUT2D eigenvalue weighted by Crippen LogP contribution is -2.54. The third-order valence-corrected chi connectivity index (χ3v) is 6.26. The number of benzene rings is 3. The van der Waals surface area contributed by atoms with Crippen molar-refractivity contribution >= 4 is 45.5 Å². The van der Waals surface area contributed by atoms with E-state index >= 15 is 0 Å². The van der Waals surface area contributed by atoms with E-state index in [9.17, 15) is 14.4 Å². The van der Waals surface area contributed by atoms with Crippen molar-refractivity contribution in [3.63, 3.8) is 0 Å². The summed E-state index contributed by atoms with van der Waals surface area (Å²) in [6.07, 6.45) is 1.44. The molecule has 8 heteroatoms. The van der Waals surface area contributed by atoms with Gasteiger partial charge in [0.15, 0.2) is 11.5 Å². The topological polar surface area (TPSA) is 84.9 Å². The van der Waals surface area contributed by atoms with Crippen molar-refractivity contribution in [1.82, 2.24) is 5.32 Å². The molecule has 0 aromatic heterocycles. The third kappa shape index (κ3) is 5.91. The van der Waals surface area contributed by atoms with Gasteiger partial charge >= 0.3 is 6.03 Å². The quantitative estimate of drug-likeness (QED) is 0.281. The minimum absolute atomic E-state index is 0.167. The summed E-state index contributed by atoms with van der Waals surface area (Å²) in [5, 5.41) is 2.25. The summed E-state index contributed by atoms with van der Waals surface area (Å²) in [5.41, 5.74) is 4.96. The lowest BCUT2D eigenvalue weighted by atomic mass is 10.1. The zero-order valence-electron chi connectivity index (χ0n) is 21.1. The molecule has 0 radical (unpaired) electrons. The first-order valence-corrected chi connectivity index (χ1v) is 12.6. The van der Waals surface area contributed by atoms with Crippen molar-refractivity contribution in [1.29, 1.82) is 0 Å². The number of hydrogen-bond acceptors (Lipinski definition) is 5. The molecule has 1 heterocycles. The van der Waals surface area contributed by atoms with Gasteiger partial charge in [-0.3, -0.25) is 14.9 Å². The highest BCUT2D eigenvalue weighted by atomic mass is 79.9. The van der Waals surface area contributed by atoms with Crippen LogP contribution in [0.3, 0.4) is 0 Å². The van der Waals surface area contributed by atoms with Crippen molar-refractivity contribution < 1.29 is 23.9 Å². The summed E-state index contributed by atoms with van der Waals surface area (Å²) in [6, 6.07) is 15.8. The summed E-state index contributed by atoms with van der Waals surface area (Å²) in [5.74, 6) is -0.491. The number of nitrogens with zero attached hydrogens (tertiary/aromatic N) is 1. The van der Waals surface area contributed by atoms with Crippen molar-refractivity contribution in [2.24, 2.45) is 0 Å². The predicted octanol–water partition coefficient (Wildman–Crippen LogP) is 6.02. The Morgan fingerprint density at radius 1 is 0.919 bits per heavy atom. The average molecular weight is 563 g/mol. The fourth-order valence-electron chi connectivity index (χ4n) is 4.21. The van der Waals surface area contributed by atoms with Gasteiger partial charge in [0.05, 0.1) is 16.8 Å². The molecule has 0 aliphatic carbocycles. The van der Waals surface area contributed by atoms with E-state index in [2.05, 4.69) is 39.4 Å². The number of anilines is 1. The predicted molar refractivity (Wildman–Crippen MR) is 146 cm³/mol. The second kappa shape index (κ2) is 11.0. The van der Waals surface area contributed by atoms with Gasteiger partial charge < -0.3 is 9.47 Å². The van der Waals surface area contributed by atoms with E-state index in [4.69, 9.17) is 9.47 Å². The molecule has 0 atom stereocenters. The second-order valence-electron chi connectivity index (χ2n) is 8.84. The Hall–Kier alpha value is -3.91. The average Bonchev–Trinajstić information content (AvgIpc) is 2.81. The molecule has 1 N–H and O–H groups in total. The highest BCUT2D eigenvalue weighted by Gasteiger charge is 2.37. The molecule has 7 nitrogen and oxygen atoms in total. The van der Waals surface area contributed by atoms with Crippen LogP contribution in [0, 0.1) is 20.8 Å². The monoisotopic (exact) mass is 562 g/mol. The molecule has 190 valence electrons. The van der Waals surface area contributed by atoms with Crippen LogP contribution < -0.4 is 19.7 Å². The number of nitrogens with one attached hydrogen (secondary N) is 1. The maximum absolute atomic E-state index is 13.2. The summed E-state index contributed by atoms with van der Waals surface area (Å²) in [6.45, 7) is 8.52. The number of barbiturate groups is 1. The molecule has 0 bridgehead atoms. The highest BCUT2D eigenvalue weighted by Crippen LogP contribution is 2.38. The van der Waals surface area contributed by atoms with Crippen LogP contribution in [0.1, 0.15) is 34.7 Å². The Labute approximate surface area is 224 Å². The van der Waals surface area contributed by atoms with Crippen LogP contribution in [-0.2, 0) is 16.2 Å². The largest absolute Gasteiger partial charge is 0.490 e. The number of carbonyl (C=O) groups excluding carboxylic acids is 3. The molecule has 0 unspecified atom stereocenters. The van der Waals surface area contributed by atoms with Crippen LogP contribution in [0.15, 0.2) is 64.6 Å². The maximum Gasteiger partial charge on any atom is 0.335 e. The number of halogens is 1. The first kappa shape index (κ1) is 26.2. The third-order valence-electron chi connectivity index (χ3n) is 5.67. The zero-order valence-corrected chi connectivity index (χ0v) is 22.6. The van der Waals surface area contributed by atoms with Gasteiger partial charge in [0.1, 0.15) is 12.2 Å². The molecule has 4 amide bonds. The number of ether oxygens (including phenoxy) is 2. The van der Waals surface area contributed by atoms with Crippen LogP contribution >= 0.6 is 15.9 Å². The minimum Gasteiger partial charge on any atom is -0.490 e. The molecule has 0 saturated carbocycles. The smallest absolute Gasteiger partial charge is 0.335 e. The minimum atomic E-state index is -0.788. The number of aryl methyl sites for hydroxylation is 3. The van der Waals surface area contributed by atoms with Crippen molar-refractivity contribution in [3.8, 4) is 11.5 Å².